The predicted octanol–water partition coefficient (Wildman–Crippen LogP) is 3.20. The van der Waals surface area contributed by atoms with E-state index >= 15 is 0 Å². The number of ether oxygens (including phenoxy) is 2. The van der Waals surface area contributed by atoms with E-state index in [1.54, 1.807) is 6.07 Å². The Morgan fingerprint density at radius 3 is 2.23 bits per heavy atom. The lowest BCUT2D eigenvalue weighted by Crippen LogP contribution is -2.32. The van der Waals surface area contributed by atoms with E-state index in [2.05, 4.69) is 18.6 Å². The molecule has 0 unspecified atom stereocenters. The molecule has 0 fully saturated rings. The molecule has 0 radical (unpaired) electrons. The molecule has 6 heteroatoms. The lowest BCUT2D eigenvalue weighted by Gasteiger charge is -2.16. The van der Waals surface area contributed by atoms with E-state index in [1.807, 2.05) is 6.92 Å². The van der Waals surface area contributed by atoms with Crippen LogP contribution in [0.5, 0.6) is 11.5 Å². The SMILES string of the molecule is COc1ccc(S(=O)(=O)N[C@@H](C)CCCC(C)C)cc1OC. The predicted molar refractivity (Wildman–Crippen MR) is 88.0 cm³/mol. The Balaban J connectivity index is 2.77. The normalized spacial score (nSPS) is 13.2. The van der Waals surface area contributed by atoms with Gasteiger partial charge in [-0.2, -0.15) is 0 Å². The number of hydrogen-bond acceptors (Lipinski definition) is 4. The zero-order valence-corrected chi connectivity index (χ0v) is 14.9. The van der Waals surface area contributed by atoms with Crippen molar-refractivity contribution >= 4 is 10.0 Å². The van der Waals surface area contributed by atoms with Gasteiger partial charge in [0.15, 0.2) is 11.5 Å². The third-order valence-corrected chi connectivity index (χ3v) is 5.03. The molecule has 126 valence electrons. The summed E-state index contributed by atoms with van der Waals surface area (Å²) >= 11 is 0. The Labute approximate surface area is 134 Å². The van der Waals surface area contributed by atoms with Crippen LogP contribution < -0.4 is 14.2 Å². The summed E-state index contributed by atoms with van der Waals surface area (Å²) in [7, 11) is -0.556. The second-order valence-corrected chi connectivity index (χ2v) is 7.58. The van der Waals surface area contributed by atoms with Gasteiger partial charge < -0.3 is 9.47 Å². The van der Waals surface area contributed by atoms with Crippen LogP contribution in [0, 0.1) is 5.92 Å². The molecule has 1 aromatic rings. The van der Waals surface area contributed by atoms with Crippen molar-refractivity contribution in [2.45, 2.75) is 51.0 Å². The van der Waals surface area contributed by atoms with Gasteiger partial charge in [-0.3, -0.25) is 0 Å². The van der Waals surface area contributed by atoms with Crippen LogP contribution in [0.2, 0.25) is 0 Å². The fraction of sp³-hybridized carbons (Fsp3) is 0.625. The maximum Gasteiger partial charge on any atom is 0.240 e. The second kappa shape index (κ2) is 8.39. The van der Waals surface area contributed by atoms with Crippen molar-refractivity contribution in [1.29, 1.82) is 0 Å². The standard InChI is InChI=1S/C16H27NO4S/c1-12(2)7-6-8-13(3)17-22(18,19)14-9-10-15(20-4)16(11-14)21-5/h9-13,17H,6-8H2,1-5H3/t13-/m0/s1. The van der Waals surface area contributed by atoms with Gasteiger partial charge >= 0.3 is 0 Å². The number of rotatable bonds is 9. The summed E-state index contributed by atoms with van der Waals surface area (Å²) in [6.07, 6.45) is 2.93. The highest BCUT2D eigenvalue weighted by molar-refractivity contribution is 7.89. The van der Waals surface area contributed by atoms with Crippen molar-refractivity contribution in [3.8, 4) is 11.5 Å². The van der Waals surface area contributed by atoms with Crippen LogP contribution in [0.15, 0.2) is 23.1 Å². The van der Waals surface area contributed by atoms with Crippen molar-refractivity contribution < 1.29 is 17.9 Å². The van der Waals surface area contributed by atoms with Crippen LogP contribution in [0.3, 0.4) is 0 Å². The van der Waals surface area contributed by atoms with Crippen molar-refractivity contribution in [3.63, 3.8) is 0 Å². The summed E-state index contributed by atoms with van der Waals surface area (Å²) in [5.41, 5.74) is 0. The molecule has 0 saturated heterocycles. The van der Waals surface area contributed by atoms with Crippen molar-refractivity contribution in [2.75, 3.05) is 14.2 Å². The fourth-order valence-corrected chi connectivity index (χ4v) is 3.50. The van der Waals surface area contributed by atoms with Gasteiger partial charge in [0.25, 0.3) is 0 Å². The molecule has 0 aliphatic carbocycles. The van der Waals surface area contributed by atoms with Crippen molar-refractivity contribution in [1.82, 2.24) is 4.72 Å². The smallest absolute Gasteiger partial charge is 0.240 e. The molecule has 0 aliphatic heterocycles. The topological polar surface area (TPSA) is 64.6 Å². The van der Waals surface area contributed by atoms with E-state index in [0.717, 1.165) is 19.3 Å². The van der Waals surface area contributed by atoms with E-state index < -0.39 is 10.0 Å². The first-order valence-corrected chi connectivity index (χ1v) is 9.02. The quantitative estimate of drug-likeness (QED) is 0.755. The zero-order chi connectivity index (χ0) is 16.8. The molecule has 22 heavy (non-hydrogen) atoms. The van der Waals surface area contributed by atoms with Crippen LogP contribution in [0.25, 0.3) is 0 Å². The molecule has 0 aromatic heterocycles. The largest absolute Gasteiger partial charge is 0.493 e. The van der Waals surface area contributed by atoms with Gasteiger partial charge in [0.1, 0.15) is 0 Å². The van der Waals surface area contributed by atoms with Crippen LogP contribution in [-0.4, -0.2) is 28.7 Å². The molecule has 1 rings (SSSR count). The third-order valence-electron chi connectivity index (χ3n) is 3.44. The minimum Gasteiger partial charge on any atom is -0.493 e. The number of benzene rings is 1. The van der Waals surface area contributed by atoms with Gasteiger partial charge in [-0.15, -0.1) is 0 Å². The summed E-state index contributed by atoms with van der Waals surface area (Å²) in [4.78, 5) is 0.181. The maximum absolute atomic E-state index is 12.4. The van der Waals surface area contributed by atoms with Crippen molar-refractivity contribution in [3.05, 3.63) is 18.2 Å². The Hall–Kier alpha value is -1.27. The van der Waals surface area contributed by atoms with Crippen molar-refractivity contribution in [2.24, 2.45) is 5.92 Å². The first kappa shape index (κ1) is 18.8. The summed E-state index contributed by atoms with van der Waals surface area (Å²) in [6, 6.07) is 4.49. The Kier molecular flexibility index (Phi) is 7.16. The number of sulfonamides is 1. The molecule has 1 N–H and O–H groups in total. The highest BCUT2D eigenvalue weighted by Crippen LogP contribution is 2.29. The summed E-state index contributed by atoms with van der Waals surface area (Å²) in [5, 5.41) is 0. The molecular weight excluding hydrogens is 302 g/mol. The van der Waals surface area contributed by atoms with Gasteiger partial charge in [-0.1, -0.05) is 26.7 Å². The van der Waals surface area contributed by atoms with Crippen LogP contribution in [0.4, 0.5) is 0 Å². The Morgan fingerprint density at radius 1 is 1.05 bits per heavy atom. The van der Waals surface area contributed by atoms with E-state index in [4.69, 9.17) is 9.47 Å². The summed E-state index contributed by atoms with van der Waals surface area (Å²) < 4.78 is 37.8. The molecule has 0 aliphatic rings. The number of hydrogen-bond donors (Lipinski definition) is 1. The molecule has 0 saturated carbocycles. The van der Waals surface area contributed by atoms with Gasteiger partial charge in [0.05, 0.1) is 19.1 Å². The van der Waals surface area contributed by atoms with E-state index in [1.165, 1.54) is 26.4 Å². The molecule has 0 heterocycles. The Bertz CT molecular complexity index is 570. The molecule has 0 spiro atoms. The van der Waals surface area contributed by atoms with E-state index in [-0.39, 0.29) is 10.9 Å². The first-order valence-electron chi connectivity index (χ1n) is 7.54. The summed E-state index contributed by atoms with van der Waals surface area (Å²) in [5.74, 6) is 1.54. The molecule has 0 bridgehead atoms. The van der Waals surface area contributed by atoms with E-state index in [9.17, 15) is 8.42 Å². The molecule has 5 nitrogen and oxygen atoms in total. The molecule has 0 amide bonds. The minimum absolute atomic E-state index is 0.100. The highest BCUT2D eigenvalue weighted by atomic mass is 32.2. The lowest BCUT2D eigenvalue weighted by molar-refractivity contribution is 0.354. The zero-order valence-electron chi connectivity index (χ0n) is 14.0. The van der Waals surface area contributed by atoms with Crippen LogP contribution in [-0.2, 0) is 10.0 Å². The monoisotopic (exact) mass is 329 g/mol. The second-order valence-electron chi connectivity index (χ2n) is 5.86. The minimum atomic E-state index is -3.55. The maximum atomic E-state index is 12.4. The Morgan fingerprint density at radius 2 is 1.68 bits per heavy atom. The number of nitrogens with one attached hydrogen (secondary N) is 1. The van der Waals surface area contributed by atoms with Crippen LogP contribution in [0.1, 0.15) is 40.0 Å². The lowest BCUT2D eigenvalue weighted by atomic mass is 10.0. The van der Waals surface area contributed by atoms with Gasteiger partial charge in [-0.05, 0) is 31.4 Å². The molecular formula is C16H27NO4S. The first-order chi connectivity index (χ1) is 10.3. The van der Waals surface area contributed by atoms with Gasteiger partial charge in [0, 0.05) is 12.1 Å². The highest BCUT2D eigenvalue weighted by Gasteiger charge is 2.19. The average molecular weight is 329 g/mol. The third kappa shape index (κ3) is 5.50. The fourth-order valence-electron chi connectivity index (χ4n) is 2.21. The van der Waals surface area contributed by atoms with Crippen LogP contribution >= 0.6 is 0 Å². The average Bonchev–Trinajstić information content (AvgIpc) is 2.45. The summed E-state index contributed by atoms with van der Waals surface area (Å²) in [6.45, 7) is 6.22. The molecule has 1 aromatic carbocycles. The van der Waals surface area contributed by atoms with Gasteiger partial charge in [-0.25, -0.2) is 13.1 Å². The number of methoxy groups -OCH3 is 2. The van der Waals surface area contributed by atoms with E-state index in [0.29, 0.717) is 17.4 Å². The van der Waals surface area contributed by atoms with Gasteiger partial charge in [0.2, 0.25) is 10.0 Å². The molecule has 1 atom stereocenters.